The Morgan fingerprint density at radius 3 is 2.54 bits per heavy atom. The van der Waals surface area contributed by atoms with Crippen LogP contribution in [0.3, 0.4) is 0 Å². The molecule has 0 radical (unpaired) electrons. The number of amides is 2. The van der Waals surface area contributed by atoms with Crippen LogP contribution in [0.25, 0.3) is 0 Å². The van der Waals surface area contributed by atoms with E-state index in [0.29, 0.717) is 9.75 Å². The normalized spacial score (nSPS) is 15.1. The Labute approximate surface area is 190 Å². The standard InChI is InChI=1S/C20H22N2O4S.Na/c1-11-17(18(20(25)26)12(2)27-11)19(24)21-10-16(23)22-15-9-5-7-13-6-3-4-8-14(13)15;/h3-4,6,8,15H,5,7,9-10H2,1-2H3,(H,21,24)(H,22,23)(H,25,26);/q;+1/p-1. The zero-order valence-corrected chi connectivity index (χ0v) is 19.1. The number of nitrogens with one attached hydrogen (secondary N) is 2. The average Bonchev–Trinajstić information content (AvgIpc) is 2.94. The zero-order chi connectivity index (χ0) is 19.6. The van der Waals surface area contributed by atoms with Crippen LogP contribution in [0.15, 0.2) is 24.3 Å². The van der Waals surface area contributed by atoms with E-state index in [-0.39, 0.29) is 59.2 Å². The molecule has 28 heavy (non-hydrogen) atoms. The van der Waals surface area contributed by atoms with Gasteiger partial charge in [-0.25, -0.2) is 0 Å². The van der Waals surface area contributed by atoms with E-state index in [0.717, 1.165) is 24.8 Å². The third kappa shape index (κ3) is 4.84. The molecule has 2 amide bonds. The van der Waals surface area contributed by atoms with E-state index >= 15 is 0 Å². The molecule has 1 heterocycles. The maximum atomic E-state index is 12.4. The molecule has 0 saturated carbocycles. The Bertz CT molecular complexity index is 910. The molecule has 0 spiro atoms. The van der Waals surface area contributed by atoms with E-state index in [1.807, 2.05) is 18.2 Å². The Kier molecular flexibility index (Phi) is 7.83. The number of aromatic carboxylic acids is 1. The molecule has 1 aliphatic rings. The minimum atomic E-state index is -1.38. The maximum Gasteiger partial charge on any atom is 1.00 e. The molecule has 0 saturated heterocycles. The fourth-order valence-electron chi connectivity index (χ4n) is 3.60. The van der Waals surface area contributed by atoms with Gasteiger partial charge in [0.25, 0.3) is 5.91 Å². The van der Waals surface area contributed by atoms with Crippen molar-refractivity contribution in [2.75, 3.05) is 6.54 Å². The van der Waals surface area contributed by atoms with Gasteiger partial charge in [-0.3, -0.25) is 9.59 Å². The molecule has 1 aliphatic carbocycles. The molecular weight excluding hydrogens is 387 g/mol. The topological polar surface area (TPSA) is 98.3 Å². The van der Waals surface area contributed by atoms with Crippen LogP contribution in [-0.2, 0) is 11.2 Å². The van der Waals surface area contributed by atoms with Gasteiger partial charge in [0.05, 0.1) is 24.1 Å². The van der Waals surface area contributed by atoms with Crippen LogP contribution in [0.2, 0.25) is 0 Å². The first-order valence-electron chi connectivity index (χ1n) is 8.85. The summed E-state index contributed by atoms with van der Waals surface area (Å²) in [5, 5.41) is 16.8. The van der Waals surface area contributed by atoms with Gasteiger partial charge in [-0.2, -0.15) is 0 Å². The minimum Gasteiger partial charge on any atom is -0.545 e. The van der Waals surface area contributed by atoms with Crippen molar-refractivity contribution in [1.29, 1.82) is 0 Å². The summed E-state index contributed by atoms with van der Waals surface area (Å²) >= 11 is 1.23. The summed E-state index contributed by atoms with van der Waals surface area (Å²) < 4.78 is 0. The van der Waals surface area contributed by atoms with Gasteiger partial charge in [-0.1, -0.05) is 24.3 Å². The number of benzene rings is 1. The molecule has 0 fully saturated rings. The maximum absolute atomic E-state index is 12.4. The Balaban J connectivity index is 0.00000280. The molecule has 1 aromatic carbocycles. The molecular formula is C20H21N2NaO4S. The third-order valence-electron chi connectivity index (χ3n) is 4.81. The summed E-state index contributed by atoms with van der Waals surface area (Å²) in [6.45, 7) is 3.10. The zero-order valence-electron chi connectivity index (χ0n) is 16.3. The molecule has 142 valence electrons. The van der Waals surface area contributed by atoms with Crippen molar-refractivity contribution in [2.24, 2.45) is 0 Å². The van der Waals surface area contributed by atoms with Crippen molar-refractivity contribution < 1.29 is 49.0 Å². The number of carboxylic acids is 1. The monoisotopic (exact) mass is 408 g/mol. The van der Waals surface area contributed by atoms with Crippen LogP contribution in [0.4, 0.5) is 0 Å². The molecule has 3 rings (SSSR count). The van der Waals surface area contributed by atoms with Gasteiger partial charge in [0.15, 0.2) is 0 Å². The van der Waals surface area contributed by atoms with Crippen LogP contribution in [0.1, 0.15) is 60.5 Å². The number of carbonyl (C=O) groups is 3. The molecule has 8 heteroatoms. The Hall–Kier alpha value is -1.67. The summed E-state index contributed by atoms with van der Waals surface area (Å²) in [6.07, 6.45) is 2.85. The first-order valence-corrected chi connectivity index (χ1v) is 9.66. The van der Waals surface area contributed by atoms with Crippen molar-refractivity contribution in [2.45, 2.75) is 39.2 Å². The predicted octanol–water partition coefficient (Wildman–Crippen LogP) is -1.34. The summed E-state index contributed by atoms with van der Waals surface area (Å²) in [7, 11) is 0. The molecule has 2 N–H and O–H groups in total. The van der Waals surface area contributed by atoms with Gasteiger partial charge in [0.1, 0.15) is 0 Å². The van der Waals surface area contributed by atoms with Crippen LogP contribution >= 0.6 is 11.3 Å². The largest absolute Gasteiger partial charge is 1.00 e. The van der Waals surface area contributed by atoms with Crippen LogP contribution in [0, 0.1) is 13.8 Å². The molecule has 6 nitrogen and oxygen atoms in total. The number of hydrogen-bond donors (Lipinski definition) is 2. The van der Waals surface area contributed by atoms with E-state index in [1.54, 1.807) is 13.8 Å². The molecule has 2 aromatic rings. The van der Waals surface area contributed by atoms with Crippen molar-refractivity contribution in [3.05, 3.63) is 56.3 Å². The Morgan fingerprint density at radius 2 is 1.82 bits per heavy atom. The number of fused-ring (bicyclic) bond motifs is 1. The van der Waals surface area contributed by atoms with Crippen LogP contribution in [0.5, 0.6) is 0 Å². The minimum absolute atomic E-state index is 0. The number of hydrogen-bond acceptors (Lipinski definition) is 5. The van der Waals surface area contributed by atoms with Gasteiger partial charge in [-0.05, 0) is 44.2 Å². The van der Waals surface area contributed by atoms with Gasteiger partial charge < -0.3 is 20.5 Å². The van der Waals surface area contributed by atoms with Crippen molar-refractivity contribution in [3.63, 3.8) is 0 Å². The quantitative estimate of drug-likeness (QED) is 0.598. The average molecular weight is 408 g/mol. The van der Waals surface area contributed by atoms with Gasteiger partial charge in [-0.15, -0.1) is 11.3 Å². The molecule has 0 aliphatic heterocycles. The summed E-state index contributed by atoms with van der Waals surface area (Å²) in [5.41, 5.74) is 2.33. The smallest absolute Gasteiger partial charge is 0.545 e. The first kappa shape index (κ1) is 22.6. The van der Waals surface area contributed by atoms with Gasteiger partial charge in [0, 0.05) is 15.3 Å². The number of carboxylic acid groups (broad SMARTS) is 1. The number of carbonyl (C=O) groups excluding carboxylic acids is 3. The molecule has 1 atom stereocenters. The Morgan fingerprint density at radius 1 is 1.14 bits per heavy atom. The van der Waals surface area contributed by atoms with Gasteiger partial charge >= 0.3 is 29.6 Å². The van der Waals surface area contributed by atoms with E-state index in [4.69, 9.17) is 0 Å². The van der Waals surface area contributed by atoms with Crippen molar-refractivity contribution in [1.82, 2.24) is 10.6 Å². The van der Waals surface area contributed by atoms with Crippen LogP contribution < -0.4 is 45.3 Å². The second-order valence-corrected chi connectivity index (χ2v) is 8.07. The number of thiophene rings is 1. The second kappa shape index (κ2) is 9.69. The predicted molar refractivity (Wildman–Crippen MR) is 101 cm³/mol. The summed E-state index contributed by atoms with van der Waals surface area (Å²) in [6, 6.07) is 7.96. The fraction of sp³-hybridized carbons (Fsp3) is 0.350. The van der Waals surface area contributed by atoms with E-state index < -0.39 is 11.9 Å². The van der Waals surface area contributed by atoms with E-state index in [9.17, 15) is 19.5 Å². The van der Waals surface area contributed by atoms with E-state index in [1.165, 1.54) is 16.9 Å². The third-order valence-corrected chi connectivity index (χ3v) is 5.83. The van der Waals surface area contributed by atoms with Crippen molar-refractivity contribution >= 4 is 29.1 Å². The molecule has 1 aromatic heterocycles. The number of aryl methyl sites for hydroxylation is 3. The molecule has 0 bridgehead atoms. The fourth-order valence-corrected chi connectivity index (χ4v) is 4.64. The SMILES string of the molecule is Cc1sc(C)c(C(=O)NCC(=O)NC2CCCc3ccccc32)c1C(=O)[O-].[Na+]. The summed E-state index contributed by atoms with van der Waals surface area (Å²) in [4.78, 5) is 37.2. The van der Waals surface area contributed by atoms with Gasteiger partial charge in [0.2, 0.25) is 5.91 Å². The second-order valence-electron chi connectivity index (χ2n) is 6.65. The summed E-state index contributed by atoms with van der Waals surface area (Å²) in [5.74, 6) is -2.26. The van der Waals surface area contributed by atoms with Crippen molar-refractivity contribution in [3.8, 4) is 0 Å². The van der Waals surface area contributed by atoms with Crippen LogP contribution in [-0.4, -0.2) is 24.3 Å². The van der Waals surface area contributed by atoms with E-state index in [2.05, 4.69) is 16.7 Å². The first-order chi connectivity index (χ1) is 12.9. The molecule has 1 unspecified atom stereocenters. The number of rotatable bonds is 5.